The third kappa shape index (κ3) is 4.83. The van der Waals surface area contributed by atoms with Crippen molar-refractivity contribution in [3.8, 4) is 0 Å². The van der Waals surface area contributed by atoms with Gasteiger partial charge in [0.05, 0.1) is 5.69 Å². The number of anilines is 1. The molecule has 1 amide bonds. The summed E-state index contributed by atoms with van der Waals surface area (Å²) >= 11 is 2.85. The normalized spacial score (nSPS) is 11.3. The number of nitrogens with zero attached hydrogens (tertiary/aromatic N) is 2. The summed E-state index contributed by atoms with van der Waals surface area (Å²) in [6.45, 7) is 0.502. The number of hydrogen-bond donors (Lipinski definition) is 0. The summed E-state index contributed by atoms with van der Waals surface area (Å²) in [5.74, 6) is -0.116. The number of carbonyl (C=O) groups is 1. The lowest BCUT2D eigenvalue weighted by molar-refractivity contribution is 0.0785. The molecule has 1 heterocycles. The van der Waals surface area contributed by atoms with E-state index in [4.69, 9.17) is 0 Å². The van der Waals surface area contributed by atoms with Crippen molar-refractivity contribution in [1.29, 1.82) is 0 Å². The second-order valence-electron chi connectivity index (χ2n) is 6.46. The van der Waals surface area contributed by atoms with Crippen molar-refractivity contribution in [2.75, 3.05) is 24.7 Å². The van der Waals surface area contributed by atoms with Crippen LogP contribution in [0.15, 0.2) is 75.1 Å². The average Bonchev–Trinajstić information content (AvgIpc) is 3.29. The van der Waals surface area contributed by atoms with Gasteiger partial charge in [0, 0.05) is 31.1 Å². The fourth-order valence-corrected chi connectivity index (χ4v) is 5.56. The molecule has 0 atom stereocenters. The number of thioether (sulfide) groups is 1. The molecule has 0 radical (unpaired) electrons. The minimum atomic E-state index is -3.59. The van der Waals surface area contributed by atoms with Crippen LogP contribution in [-0.2, 0) is 16.6 Å². The largest absolute Gasteiger partial charge is 0.337 e. The van der Waals surface area contributed by atoms with E-state index in [-0.39, 0.29) is 10.1 Å². The van der Waals surface area contributed by atoms with Crippen molar-refractivity contribution in [3.05, 3.63) is 77.2 Å². The van der Waals surface area contributed by atoms with Crippen LogP contribution < -0.4 is 4.31 Å². The molecule has 0 aliphatic heterocycles. The number of carbonyl (C=O) groups excluding carboxylic acids is 1. The Morgan fingerprint density at radius 2 is 1.66 bits per heavy atom. The Balaban J connectivity index is 1.70. The third-order valence-corrected chi connectivity index (χ3v) is 8.42. The van der Waals surface area contributed by atoms with Crippen LogP contribution in [0, 0.1) is 0 Å². The van der Waals surface area contributed by atoms with Gasteiger partial charge in [0.25, 0.3) is 15.9 Å². The molecule has 2 aromatic carbocycles. The topological polar surface area (TPSA) is 57.7 Å². The predicted octanol–water partition coefficient (Wildman–Crippen LogP) is 4.57. The van der Waals surface area contributed by atoms with E-state index in [0.29, 0.717) is 17.8 Å². The molecule has 5 nitrogen and oxygen atoms in total. The molecule has 3 aromatic rings. The molecule has 0 saturated heterocycles. The Morgan fingerprint density at radius 1 is 1.00 bits per heavy atom. The van der Waals surface area contributed by atoms with E-state index >= 15 is 0 Å². The lowest BCUT2D eigenvalue weighted by Crippen LogP contribution is -2.27. The Kier molecular flexibility index (Phi) is 6.66. The van der Waals surface area contributed by atoms with Gasteiger partial charge in [-0.05, 0) is 59.7 Å². The Bertz CT molecular complexity index is 1060. The summed E-state index contributed by atoms with van der Waals surface area (Å²) in [5, 5.41) is 1.73. The molecule has 1 aromatic heterocycles. The van der Waals surface area contributed by atoms with Gasteiger partial charge >= 0.3 is 0 Å². The van der Waals surface area contributed by atoms with Gasteiger partial charge in [-0.25, -0.2) is 8.42 Å². The highest BCUT2D eigenvalue weighted by Crippen LogP contribution is 2.25. The van der Waals surface area contributed by atoms with Gasteiger partial charge in [0.15, 0.2) is 0 Å². The summed E-state index contributed by atoms with van der Waals surface area (Å²) in [5.41, 5.74) is 2.07. The average molecular weight is 447 g/mol. The third-order valence-electron chi connectivity index (χ3n) is 4.51. The van der Waals surface area contributed by atoms with Crippen LogP contribution in [0.2, 0.25) is 0 Å². The molecule has 0 unspecified atom stereocenters. The molecule has 0 aliphatic rings. The van der Waals surface area contributed by atoms with Crippen LogP contribution in [0.4, 0.5) is 5.69 Å². The first-order chi connectivity index (χ1) is 13.8. The van der Waals surface area contributed by atoms with Crippen LogP contribution in [0.3, 0.4) is 0 Å². The Hall–Kier alpha value is -2.29. The molecule has 0 aliphatic carbocycles. The van der Waals surface area contributed by atoms with Gasteiger partial charge in [-0.3, -0.25) is 9.10 Å². The molecule has 0 N–H and O–H groups in total. The van der Waals surface area contributed by atoms with Crippen LogP contribution in [0.5, 0.6) is 0 Å². The van der Waals surface area contributed by atoms with E-state index in [1.54, 1.807) is 65.5 Å². The van der Waals surface area contributed by atoms with E-state index in [9.17, 15) is 13.2 Å². The summed E-state index contributed by atoms with van der Waals surface area (Å²) in [7, 11) is -0.324. The van der Waals surface area contributed by atoms with Crippen LogP contribution in [0.25, 0.3) is 0 Å². The van der Waals surface area contributed by atoms with Crippen molar-refractivity contribution in [1.82, 2.24) is 4.90 Å². The smallest absolute Gasteiger partial charge is 0.273 e. The molecular formula is C21H22N2O3S3. The Morgan fingerprint density at radius 3 is 2.21 bits per heavy atom. The number of rotatable bonds is 7. The van der Waals surface area contributed by atoms with E-state index in [1.165, 1.54) is 27.6 Å². The molecule has 152 valence electrons. The molecule has 8 heteroatoms. The van der Waals surface area contributed by atoms with Crippen molar-refractivity contribution in [3.63, 3.8) is 0 Å². The molecule has 0 bridgehead atoms. The maximum Gasteiger partial charge on any atom is 0.273 e. The highest BCUT2D eigenvalue weighted by Gasteiger charge is 2.22. The first kappa shape index (κ1) is 21.4. The number of thiophene rings is 1. The molecule has 0 saturated carbocycles. The summed E-state index contributed by atoms with van der Waals surface area (Å²) < 4.78 is 26.8. The van der Waals surface area contributed by atoms with Gasteiger partial charge in [0.2, 0.25) is 0 Å². The van der Waals surface area contributed by atoms with Crippen LogP contribution in [0.1, 0.15) is 15.9 Å². The maximum absolute atomic E-state index is 12.7. The van der Waals surface area contributed by atoms with E-state index in [0.717, 1.165) is 5.56 Å². The van der Waals surface area contributed by atoms with Crippen LogP contribution in [-0.4, -0.2) is 39.6 Å². The van der Waals surface area contributed by atoms with Crippen LogP contribution >= 0.6 is 23.1 Å². The molecule has 3 rings (SSSR count). The van der Waals surface area contributed by atoms with Crippen molar-refractivity contribution < 1.29 is 13.2 Å². The number of sulfonamides is 1. The van der Waals surface area contributed by atoms with E-state index in [1.807, 2.05) is 30.5 Å². The zero-order valence-corrected chi connectivity index (χ0v) is 18.9. The monoisotopic (exact) mass is 446 g/mol. The Labute approximate surface area is 180 Å². The van der Waals surface area contributed by atoms with Gasteiger partial charge in [-0.2, -0.15) is 0 Å². The standard InChI is InChI=1S/C21H22N2O3S3/c1-22(15-16-6-12-19(27-3)13-7-16)21(24)17-8-10-18(11-9-17)23(2)29(25,26)20-5-4-14-28-20/h4-14H,15H2,1-3H3. The minimum absolute atomic E-state index is 0.116. The van der Waals surface area contributed by atoms with Gasteiger partial charge in [0.1, 0.15) is 4.21 Å². The lowest BCUT2D eigenvalue weighted by Gasteiger charge is -2.20. The lowest BCUT2D eigenvalue weighted by atomic mass is 10.1. The van der Waals surface area contributed by atoms with E-state index < -0.39 is 10.0 Å². The summed E-state index contributed by atoms with van der Waals surface area (Å²) in [6.07, 6.45) is 2.03. The highest BCUT2D eigenvalue weighted by molar-refractivity contribution is 7.98. The van der Waals surface area contributed by atoms with E-state index in [2.05, 4.69) is 0 Å². The number of benzene rings is 2. The van der Waals surface area contributed by atoms with Crippen molar-refractivity contribution in [2.45, 2.75) is 15.6 Å². The zero-order valence-electron chi connectivity index (χ0n) is 16.4. The molecular weight excluding hydrogens is 424 g/mol. The predicted molar refractivity (Wildman–Crippen MR) is 120 cm³/mol. The van der Waals surface area contributed by atoms with Gasteiger partial charge < -0.3 is 4.90 Å². The first-order valence-electron chi connectivity index (χ1n) is 8.84. The van der Waals surface area contributed by atoms with Crippen molar-refractivity contribution in [2.24, 2.45) is 0 Å². The molecule has 0 spiro atoms. The second-order valence-corrected chi connectivity index (χ2v) is 10.5. The SMILES string of the molecule is CSc1ccc(CN(C)C(=O)c2ccc(N(C)S(=O)(=O)c3cccs3)cc2)cc1. The second kappa shape index (κ2) is 9.02. The molecule has 29 heavy (non-hydrogen) atoms. The minimum Gasteiger partial charge on any atom is -0.337 e. The first-order valence-corrected chi connectivity index (χ1v) is 12.4. The number of hydrogen-bond acceptors (Lipinski definition) is 5. The highest BCUT2D eigenvalue weighted by atomic mass is 32.2. The summed E-state index contributed by atoms with van der Waals surface area (Å²) in [4.78, 5) is 15.6. The quantitative estimate of drug-likeness (QED) is 0.499. The van der Waals surface area contributed by atoms with Gasteiger partial charge in [-0.15, -0.1) is 23.1 Å². The van der Waals surface area contributed by atoms with Gasteiger partial charge in [-0.1, -0.05) is 18.2 Å². The zero-order chi connectivity index (χ0) is 21.0. The number of amides is 1. The molecule has 0 fully saturated rings. The summed E-state index contributed by atoms with van der Waals surface area (Å²) in [6, 6.07) is 18.0. The maximum atomic E-state index is 12.7. The fraction of sp³-hybridized carbons (Fsp3) is 0.190. The fourth-order valence-electron chi connectivity index (χ4n) is 2.79. The van der Waals surface area contributed by atoms with Crippen molar-refractivity contribution >= 4 is 44.7 Å².